The summed E-state index contributed by atoms with van der Waals surface area (Å²) in [6, 6.07) is 8.02. The summed E-state index contributed by atoms with van der Waals surface area (Å²) in [5.74, 6) is -0.226. The molecule has 1 amide bonds. The second-order valence-corrected chi connectivity index (χ2v) is 5.00. The molecule has 0 aliphatic carbocycles. The number of aromatic nitrogens is 2. The molecule has 102 valence electrons. The van der Waals surface area contributed by atoms with Gasteiger partial charge in [0.25, 0.3) is 5.91 Å². The van der Waals surface area contributed by atoms with Crippen LogP contribution in [0.3, 0.4) is 0 Å². The van der Waals surface area contributed by atoms with Crippen LogP contribution in [-0.4, -0.2) is 21.9 Å². The van der Waals surface area contributed by atoms with Crippen molar-refractivity contribution in [2.24, 2.45) is 0 Å². The largest absolute Gasteiger partial charge is 0.382 e. The molecule has 1 atom stereocenters. The van der Waals surface area contributed by atoms with Gasteiger partial charge in [0.1, 0.15) is 12.0 Å². The maximum Gasteiger partial charge on any atom is 0.274 e. The number of fused-ring (bicyclic) bond motifs is 1. The molecule has 0 radical (unpaired) electrons. The second-order valence-electron chi connectivity index (χ2n) is 5.00. The van der Waals surface area contributed by atoms with Gasteiger partial charge in [-0.05, 0) is 43.5 Å². The number of nitrogens with one attached hydrogen (secondary N) is 2. The summed E-state index contributed by atoms with van der Waals surface area (Å²) in [6.45, 7) is 2.16. The fourth-order valence-electron chi connectivity index (χ4n) is 2.34. The Kier molecular flexibility index (Phi) is 3.33. The van der Waals surface area contributed by atoms with Crippen molar-refractivity contribution in [3.05, 3.63) is 48.0 Å². The Morgan fingerprint density at radius 3 is 3.10 bits per heavy atom. The molecule has 2 N–H and O–H groups in total. The van der Waals surface area contributed by atoms with Gasteiger partial charge >= 0.3 is 0 Å². The number of carbonyl (C=O) groups excluding carboxylic acids is 1. The molecule has 2 heterocycles. The summed E-state index contributed by atoms with van der Waals surface area (Å²) < 4.78 is 0. The van der Waals surface area contributed by atoms with E-state index in [1.807, 2.05) is 12.1 Å². The smallest absolute Gasteiger partial charge is 0.274 e. The fourth-order valence-corrected chi connectivity index (χ4v) is 2.34. The van der Waals surface area contributed by atoms with Gasteiger partial charge in [-0.25, -0.2) is 9.97 Å². The number of anilines is 2. The first-order valence-corrected chi connectivity index (χ1v) is 6.69. The summed E-state index contributed by atoms with van der Waals surface area (Å²) in [7, 11) is 0. The lowest BCUT2D eigenvalue weighted by atomic mass is 9.98. The third-order valence-corrected chi connectivity index (χ3v) is 3.43. The van der Waals surface area contributed by atoms with Crippen LogP contribution in [0, 0.1) is 0 Å². The molecular formula is C15H16N4O. The Morgan fingerprint density at radius 1 is 1.40 bits per heavy atom. The second kappa shape index (κ2) is 5.28. The molecule has 1 aliphatic heterocycles. The third-order valence-electron chi connectivity index (χ3n) is 3.43. The number of hydrogen-bond acceptors (Lipinski definition) is 4. The molecule has 1 unspecified atom stereocenters. The van der Waals surface area contributed by atoms with Crippen LogP contribution in [0.5, 0.6) is 0 Å². The predicted octanol–water partition coefficient (Wildman–Crippen LogP) is 2.48. The molecule has 0 bridgehead atoms. The zero-order valence-electron chi connectivity index (χ0n) is 11.3. The number of carbonyl (C=O) groups is 1. The lowest BCUT2D eigenvalue weighted by molar-refractivity contribution is 0.102. The van der Waals surface area contributed by atoms with Crippen molar-refractivity contribution >= 4 is 17.3 Å². The highest BCUT2D eigenvalue weighted by molar-refractivity contribution is 6.03. The van der Waals surface area contributed by atoms with Gasteiger partial charge in [0, 0.05) is 23.6 Å². The van der Waals surface area contributed by atoms with E-state index in [4.69, 9.17) is 0 Å². The number of hydrogen-bond donors (Lipinski definition) is 2. The summed E-state index contributed by atoms with van der Waals surface area (Å²) in [5.41, 5.74) is 3.53. The number of benzene rings is 1. The lowest BCUT2D eigenvalue weighted by Crippen LogP contribution is -2.22. The van der Waals surface area contributed by atoms with Crippen molar-refractivity contribution in [3.63, 3.8) is 0 Å². The molecule has 2 aromatic rings. The van der Waals surface area contributed by atoms with Crippen molar-refractivity contribution < 1.29 is 4.79 Å². The number of nitrogens with zero attached hydrogens (tertiary/aromatic N) is 2. The minimum atomic E-state index is -0.226. The van der Waals surface area contributed by atoms with Gasteiger partial charge in [-0.2, -0.15) is 0 Å². The standard InChI is InChI=1S/C15H16N4O/c1-10-2-3-11-4-5-12(8-14(11)18-10)19-15(20)13-6-7-16-9-17-13/h4-10,18H,2-3H2,1H3,(H,19,20). The van der Waals surface area contributed by atoms with Gasteiger partial charge in [-0.3, -0.25) is 4.79 Å². The van der Waals surface area contributed by atoms with E-state index in [1.165, 1.54) is 11.9 Å². The predicted molar refractivity (Wildman–Crippen MR) is 77.8 cm³/mol. The number of rotatable bonds is 2. The Hall–Kier alpha value is -2.43. The molecule has 0 saturated carbocycles. The third kappa shape index (κ3) is 2.61. The first-order valence-electron chi connectivity index (χ1n) is 6.69. The Labute approximate surface area is 117 Å². The van der Waals surface area contributed by atoms with Crippen LogP contribution < -0.4 is 10.6 Å². The molecule has 20 heavy (non-hydrogen) atoms. The first-order chi connectivity index (χ1) is 9.72. The van der Waals surface area contributed by atoms with Crippen molar-refractivity contribution in [1.82, 2.24) is 9.97 Å². The van der Waals surface area contributed by atoms with E-state index in [-0.39, 0.29) is 5.91 Å². The molecule has 0 saturated heterocycles. The molecule has 1 aromatic carbocycles. The average molecular weight is 268 g/mol. The maximum absolute atomic E-state index is 12.0. The molecule has 1 aliphatic rings. The Morgan fingerprint density at radius 2 is 2.30 bits per heavy atom. The molecular weight excluding hydrogens is 252 g/mol. The van der Waals surface area contributed by atoms with E-state index >= 15 is 0 Å². The molecule has 5 nitrogen and oxygen atoms in total. The quantitative estimate of drug-likeness (QED) is 0.878. The SMILES string of the molecule is CC1CCc2ccc(NC(=O)c3ccncn3)cc2N1. The van der Waals surface area contributed by atoms with E-state index in [1.54, 1.807) is 12.3 Å². The van der Waals surface area contributed by atoms with Crippen LogP contribution >= 0.6 is 0 Å². The maximum atomic E-state index is 12.0. The van der Waals surface area contributed by atoms with Gasteiger partial charge in [-0.15, -0.1) is 0 Å². The van der Waals surface area contributed by atoms with E-state index in [2.05, 4.69) is 33.6 Å². The van der Waals surface area contributed by atoms with Gasteiger partial charge in [-0.1, -0.05) is 6.07 Å². The Bertz CT molecular complexity index is 627. The molecule has 1 aromatic heterocycles. The van der Waals surface area contributed by atoms with Crippen molar-refractivity contribution in [2.75, 3.05) is 10.6 Å². The lowest BCUT2D eigenvalue weighted by Gasteiger charge is -2.24. The summed E-state index contributed by atoms with van der Waals surface area (Å²) >= 11 is 0. The van der Waals surface area contributed by atoms with E-state index in [0.29, 0.717) is 11.7 Å². The monoisotopic (exact) mass is 268 g/mol. The highest BCUT2D eigenvalue weighted by Crippen LogP contribution is 2.27. The van der Waals surface area contributed by atoms with Crippen molar-refractivity contribution in [2.45, 2.75) is 25.8 Å². The first kappa shape index (κ1) is 12.6. The number of amides is 1. The highest BCUT2D eigenvalue weighted by atomic mass is 16.1. The zero-order valence-corrected chi connectivity index (χ0v) is 11.3. The van der Waals surface area contributed by atoms with E-state index < -0.39 is 0 Å². The average Bonchev–Trinajstić information content (AvgIpc) is 2.47. The van der Waals surface area contributed by atoms with Gasteiger partial charge < -0.3 is 10.6 Å². The zero-order chi connectivity index (χ0) is 13.9. The van der Waals surface area contributed by atoms with Crippen LogP contribution in [0.1, 0.15) is 29.4 Å². The van der Waals surface area contributed by atoms with E-state index in [9.17, 15) is 4.79 Å². The normalized spacial score (nSPS) is 16.9. The van der Waals surface area contributed by atoms with Crippen LogP contribution in [0.2, 0.25) is 0 Å². The van der Waals surface area contributed by atoms with Gasteiger partial charge in [0.2, 0.25) is 0 Å². The molecule has 0 fully saturated rings. The summed E-state index contributed by atoms with van der Waals surface area (Å²) in [4.78, 5) is 19.8. The van der Waals surface area contributed by atoms with E-state index in [0.717, 1.165) is 24.2 Å². The minimum absolute atomic E-state index is 0.226. The van der Waals surface area contributed by atoms with Crippen LogP contribution in [-0.2, 0) is 6.42 Å². The van der Waals surface area contributed by atoms with Crippen molar-refractivity contribution in [1.29, 1.82) is 0 Å². The minimum Gasteiger partial charge on any atom is -0.382 e. The number of aryl methyl sites for hydroxylation is 1. The van der Waals surface area contributed by atoms with Gasteiger partial charge in [0.05, 0.1) is 0 Å². The molecule has 3 rings (SSSR count). The fraction of sp³-hybridized carbons (Fsp3) is 0.267. The molecule has 0 spiro atoms. The van der Waals surface area contributed by atoms with Crippen LogP contribution in [0.4, 0.5) is 11.4 Å². The Balaban J connectivity index is 1.78. The summed E-state index contributed by atoms with van der Waals surface area (Å²) in [6.07, 6.45) is 5.13. The molecule has 5 heteroatoms. The van der Waals surface area contributed by atoms with Crippen LogP contribution in [0.25, 0.3) is 0 Å². The van der Waals surface area contributed by atoms with Crippen LogP contribution in [0.15, 0.2) is 36.8 Å². The topological polar surface area (TPSA) is 66.9 Å². The van der Waals surface area contributed by atoms with Crippen molar-refractivity contribution in [3.8, 4) is 0 Å². The summed E-state index contributed by atoms with van der Waals surface area (Å²) in [5, 5.41) is 6.29. The van der Waals surface area contributed by atoms with Gasteiger partial charge in [0.15, 0.2) is 0 Å². The highest BCUT2D eigenvalue weighted by Gasteiger charge is 2.15.